The van der Waals surface area contributed by atoms with E-state index in [1.807, 2.05) is 30.5 Å². The summed E-state index contributed by atoms with van der Waals surface area (Å²) >= 11 is 1.16. The van der Waals surface area contributed by atoms with Gasteiger partial charge in [0.15, 0.2) is 0 Å². The van der Waals surface area contributed by atoms with E-state index in [-0.39, 0.29) is 16.8 Å². The third kappa shape index (κ3) is 2.29. The number of hydrogen-bond donors (Lipinski definition) is 2. The molecule has 0 amide bonds. The molecule has 3 N–H and O–H groups in total. The highest BCUT2D eigenvalue weighted by atomic mass is 32.1. The normalized spacial score (nSPS) is 14.2. The van der Waals surface area contributed by atoms with Gasteiger partial charge in [-0.15, -0.1) is 0 Å². The van der Waals surface area contributed by atoms with Crippen LogP contribution < -0.4 is 16.7 Å². The molecule has 1 aliphatic carbocycles. The number of hydrogen-bond acceptors (Lipinski definition) is 4. The summed E-state index contributed by atoms with van der Waals surface area (Å²) in [6.07, 6.45) is 1.94. The average Bonchev–Trinajstić information content (AvgIpc) is 3.43. The van der Waals surface area contributed by atoms with E-state index in [1.54, 1.807) is 6.07 Å². The topological polar surface area (TPSA) is 80.9 Å². The summed E-state index contributed by atoms with van der Waals surface area (Å²) in [6, 6.07) is 6.90. The van der Waals surface area contributed by atoms with Crippen molar-refractivity contribution in [3.8, 4) is 11.1 Å². The maximum absolute atomic E-state index is 15.1. The van der Waals surface area contributed by atoms with Gasteiger partial charge in [-0.2, -0.15) is 0 Å². The molecule has 142 valence electrons. The van der Waals surface area contributed by atoms with Crippen LogP contribution in [0.1, 0.15) is 30.0 Å². The molecule has 4 aromatic rings. The van der Waals surface area contributed by atoms with E-state index >= 15 is 4.39 Å². The molecule has 7 heteroatoms. The molecule has 0 unspecified atom stereocenters. The minimum atomic E-state index is -0.520. The van der Waals surface area contributed by atoms with Crippen LogP contribution in [0, 0.1) is 19.7 Å². The number of pyridine rings is 1. The molecule has 2 heterocycles. The van der Waals surface area contributed by atoms with Gasteiger partial charge >= 0.3 is 0 Å². The first kappa shape index (κ1) is 17.2. The van der Waals surface area contributed by atoms with E-state index in [4.69, 9.17) is 5.73 Å². The van der Waals surface area contributed by atoms with Gasteiger partial charge in [0.1, 0.15) is 16.0 Å². The van der Waals surface area contributed by atoms with Crippen LogP contribution in [0.4, 0.5) is 10.1 Å². The van der Waals surface area contributed by atoms with Gasteiger partial charge in [-0.1, -0.05) is 12.1 Å². The first-order valence-electron chi connectivity index (χ1n) is 9.13. The van der Waals surface area contributed by atoms with Gasteiger partial charge in [-0.05, 0) is 61.5 Å². The highest BCUT2D eigenvalue weighted by Gasteiger charge is 2.29. The Morgan fingerprint density at radius 1 is 1.18 bits per heavy atom. The van der Waals surface area contributed by atoms with Crippen molar-refractivity contribution in [3.63, 3.8) is 0 Å². The van der Waals surface area contributed by atoms with Gasteiger partial charge in [0, 0.05) is 28.2 Å². The zero-order valence-electron chi connectivity index (χ0n) is 15.4. The Bertz CT molecular complexity index is 1410. The predicted octanol–water partition coefficient (Wildman–Crippen LogP) is 4.24. The number of benzene rings is 2. The maximum Gasteiger partial charge on any atom is 0.271 e. The van der Waals surface area contributed by atoms with Crippen molar-refractivity contribution in [1.29, 1.82) is 0 Å². The summed E-state index contributed by atoms with van der Waals surface area (Å²) in [6.45, 7) is 3.87. The number of nitrogen functional groups attached to an aromatic ring is 1. The Morgan fingerprint density at radius 2 is 1.93 bits per heavy atom. The van der Waals surface area contributed by atoms with Gasteiger partial charge in [-0.3, -0.25) is 14.0 Å². The van der Waals surface area contributed by atoms with Crippen molar-refractivity contribution >= 4 is 38.3 Å². The fraction of sp³-hybridized carbons (Fsp3) is 0.238. The van der Waals surface area contributed by atoms with Crippen LogP contribution in [0.25, 0.3) is 32.2 Å². The molecular formula is C21H18FN3O2S. The summed E-state index contributed by atoms with van der Waals surface area (Å²) in [5.41, 5.74) is 9.55. The Morgan fingerprint density at radius 3 is 2.64 bits per heavy atom. The molecule has 2 aromatic heterocycles. The van der Waals surface area contributed by atoms with Gasteiger partial charge in [0.2, 0.25) is 5.43 Å². The average molecular weight is 395 g/mol. The van der Waals surface area contributed by atoms with Crippen LogP contribution in [0.15, 0.2) is 33.9 Å². The molecule has 0 atom stereocenters. The molecule has 5 rings (SSSR count). The van der Waals surface area contributed by atoms with Crippen molar-refractivity contribution in [2.75, 3.05) is 5.73 Å². The smallest absolute Gasteiger partial charge is 0.271 e. The predicted molar refractivity (Wildman–Crippen MR) is 112 cm³/mol. The van der Waals surface area contributed by atoms with Crippen LogP contribution in [0.5, 0.6) is 0 Å². The van der Waals surface area contributed by atoms with E-state index in [2.05, 4.69) is 4.37 Å². The first-order chi connectivity index (χ1) is 13.4. The lowest BCUT2D eigenvalue weighted by molar-refractivity contribution is 0.632. The lowest BCUT2D eigenvalue weighted by atomic mass is 9.96. The molecule has 2 aromatic carbocycles. The van der Waals surface area contributed by atoms with E-state index < -0.39 is 16.8 Å². The number of nitrogens with zero attached hydrogens (tertiary/aromatic N) is 1. The standard InChI is InChI=1S/C21H18FN3O2S/c1-9-3-6-12(18(23)10(9)2)13-8-16-14(7-15(13)22)19(26)17-20(27)24-28-21(17)25(16)11-4-5-11/h3,6-8,11H,4-5,23H2,1-2H3,(H,24,27). The van der Waals surface area contributed by atoms with Gasteiger partial charge < -0.3 is 10.3 Å². The highest BCUT2D eigenvalue weighted by molar-refractivity contribution is 7.12. The van der Waals surface area contributed by atoms with Crippen LogP contribution >= 0.6 is 11.5 Å². The number of aromatic amines is 1. The van der Waals surface area contributed by atoms with Crippen LogP contribution in [-0.4, -0.2) is 8.94 Å². The summed E-state index contributed by atoms with van der Waals surface area (Å²) < 4.78 is 19.7. The lowest BCUT2D eigenvalue weighted by Crippen LogP contribution is -2.15. The molecule has 0 bridgehead atoms. The van der Waals surface area contributed by atoms with E-state index in [1.165, 1.54) is 6.07 Å². The van der Waals surface area contributed by atoms with E-state index in [0.29, 0.717) is 27.2 Å². The summed E-state index contributed by atoms with van der Waals surface area (Å²) in [5.74, 6) is -0.520. The molecule has 0 aliphatic heterocycles. The number of fused-ring (bicyclic) bond motifs is 2. The number of anilines is 1. The molecule has 28 heavy (non-hydrogen) atoms. The van der Waals surface area contributed by atoms with Crippen LogP contribution in [-0.2, 0) is 0 Å². The number of nitrogens with one attached hydrogen (secondary N) is 1. The second-order valence-electron chi connectivity index (χ2n) is 7.46. The fourth-order valence-electron chi connectivity index (χ4n) is 3.82. The highest BCUT2D eigenvalue weighted by Crippen LogP contribution is 2.41. The van der Waals surface area contributed by atoms with Crippen molar-refractivity contribution in [3.05, 3.63) is 61.8 Å². The van der Waals surface area contributed by atoms with Crippen molar-refractivity contribution in [2.24, 2.45) is 0 Å². The van der Waals surface area contributed by atoms with Crippen molar-refractivity contribution in [2.45, 2.75) is 32.7 Å². The van der Waals surface area contributed by atoms with Gasteiger partial charge in [0.25, 0.3) is 5.56 Å². The third-order valence-corrected chi connectivity index (χ3v) is 6.59. The Labute approximate surface area is 163 Å². The third-order valence-electron chi connectivity index (χ3n) is 5.70. The Hall–Kier alpha value is -2.93. The second kappa shape index (κ2) is 5.78. The Balaban J connectivity index is 1.93. The number of nitrogens with two attached hydrogens (primary N) is 1. The first-order valence-corrected chi connectivity index (χ1v) is 9.95. The van der Waals surface area contributed by atoms with Crippen molar-refractivity contribution in [1.82, 2.24) is 8.94 Å². The molecule has 0 saturated heterocycles. The number of aryl methyl sites for hydroxylation is 1. The molecule has 0 radical (unpaired) electrons. The zero-order valence-corrected chi connectivity index (χ0v) is 16.2. The summed E-state index contributed by atoms with van der Waals surface area (Å²) in [5, 5.41) is 0.342. The molecular weight excluding hydrogens is 377 g/mol. The quantitative estimate of drug-likeness (QED) is 0.498. The zero-order chi connectivity index (χ0) is 19.7. The number of H-pyrrole nitrogens is 1. The molecule has 1 saturated carbocycles. The minimum absolute atomic E-state index is 0.113. The molecule has 5 nitrogen and oxygen atoms in total. The van der Waals surface area contributed by atoms with Gasteiger partial charge in [-0.25, -0.2) is 4.39 Å². The molecule has 1 fully saturated rings. The van der Waals surface area contributed by atoms with E-state index in [9.17, 15) is 9.59 Å². The monoisotopic (exact) mass is 395 g/mol. The minimum Gasteiger partial charge on any atom is -0.398 e. The SMILES string of the molecule is Cc1ccc(-c2cc3c(cc2F)c(=O)c2c(=O)[nH]sc2n3C2CC2)c(N)c1C. The number of rotatable bonds is 2. The molecule has 0 spiro atoms. The summed E-state index contributed by atoms with van der Waals surface area (Å²) in [7, 11) is 0. The fourth-order valence-corrected chi connectivity index (χ4v) is 4.75. The van der Waals surface area contributed by atoms with E-state index in [0.717, 1.165) is 35.5 Å². The van der Waals surface area contributed by atoms with Crippen LogP contribution in [0.3, 0.4) is 0 Å². The number of halogens is 1. The Kier molecular flexibility index (Phi) is 3.55. The summed E-state index contributed by atoms with van der Waals surface area (Å²) in [4.78, 5) is 25.7. The maximum atomic E-state index is 15.1. The van der Waals surface area contributed by atoms with Crippen LogP contribution in [0.2, 0.25) is 0 Å². The second-order valence-corrected chi connectivity index (χ2v) is 8.26. The largest absolute Gasteiger partial charge is 0.398 e. The lowest BCUT2D eigenvalue weighted by Gasteiger charge is -2.16. The molecule has 1 aliphatic rings. The number of aromatic nitrogens is 2. The van der Waals surface area contributed by atoms with Crippen molar-refractivity contribution < 1.29 is 4.39 Å². The van der Waals surface area contributed by atoms with Gasteiger partial charge in [0.05, 0.1) is 5.52 Å².